The Morgan fingerprint density at radius 2 is 2.00 bits per heavy atom. The van der Waals surface area contributed by atoms with E-state index in [0.717, 1.165) is 38.5 Å². The molecule has 0 aromatic heterocycles. The van der Waals surface area contributed by atoms with Crippen molar-refractivity contribution in [3.63, 3.8) is 0 Å². The average Bonchev–Trinajstić information content (AvgIpc) is 2.39. The zero-order valence-corrected chi connectivity index (χ0v) is 11.3. The van der Waals surface area contributed by atoms with Crippen molar-refractivity contribution in [1.29, 1.82) is 0 Å². The van der Waals surface area contributed by atoms with Gasteiger partial charge >= 0.3 is 0 Å². The van der Waals surface area contributed by atoms with E-state index in [0.29, 0.717) is 0 Å². The largest absolute Gasteiger partial charge is 0.497 e. The number of hydrogen-bond acceptors (Lipinski definition) is 4. The van der Waals surface area contributed by atoms with Crippen LogP contribution in [0.1, 0.15) is 6.92 Å². The summed E-state index contributed by atoms with van der Waals surface area (Å²) in [6, 6.07) is 8.52. The lowest BCUT2D eigenvalue weighted by Gasteiger charge is -2.36. The number of methoxy groups -OCH3 is 1. The summed E-state index contributed by atoms with van der Waals surface area (Å²) < 4.78 is 5.27. The minimum absolute atomic E-state index is 0.258. The molecule has 1 aromatic rings. The van der Waals surface area contributed by atoms with E-state index < -0.39 is 0 Å². The highest BCUT2D eigenvalue weighted by Crippen LogP contribution is 2.21. The molecule has 2 N–H and O–H groups in total. The molecule has 0 radical (unpaired) electrons. The first kappa shape index (κ1) is 13.2. The molecule has 0 spiro atoms. The molecule has 1 aliphatic heterocycles. The number of nitrogens with zero attached hydrogens (tertiary/aromatic N) is 2. The summed E-state index contributed by atoms with van der Waals surface area (Å²) in [4.78, 5) is 4.83. The highest BCUT2D eigenvalue weighted by atomic mass is 16.5. The first-order valence-electron chi connectivity index (χ1n) is 6.56. The molecule has 1 atom stereocenters. The van der Waals surface area contributed by atoms with Crippen LogP contribution in [0.15, 0.2) is 24.3 Å². The van der Waals surface area contributed by atoms with Crippen LogP contribution in [-0.2, 0) is 0 Å². The Morgan fingerprint density at radius 3 is 2.61 bits per heavy atom. The van der Waals surface area contributed by atoms with Crippen molar-refractivity contribution in [3.05, 3.63) is 24.3 Å². The lowest BCUT2D eigenvalue weighted by molar-refractivity contribution is 0.246. The van der Waals surface area contributed by atoms with E-state index in [-0.39, 0.29) is 6.04 Å². The van der Waals surface area contributed by atoms with Crippen molar-refractivity contribution in [2.45, 2.75) is 13.0 Å². The van der Waals surface area contributed by atoms with E-state index in [1.807, 2.05) is 12.1 Å². The minimum Gasteiger partial charge on any atom is -0.497 e. The average molecular weight is 249 g/mol. The molecule has 4 heteroatoms. The SMILES string of the molecule is COc1cccc(N2CCN(CC(C)N)CC2)c1. The van der Waals surface area contributed by atoms with Crippen molar-refractivity contribution >= 4 is 5.69 Å². The van der Waals surface area contributed by atoms with Crippen LogP contribution in [0.3, 0.4) is 0 Å². The zero-order chi connectivity index (χ0) is 13.0. The van der Waals surface area contributed by atoms with E-state index in [1.165, 1.54) is 5.69 Å². The third-order valence-electron chi connectivity index (χ3n) is 3.34. The number of anilines is 1. The maximum atomic E-state index is 5.84. The quantitative estimate of drug-likeness (QED) is 0.869. The van der Waals surface area contributed by atoms with Gasteiger partial charge in [-0.2, -0.15) is 0 Å². The van der Waals surface area contributed by atoms with Crippen molar-refractivity contribution in [2.24, 2.45) is 5.73 Å². The molecule has 1 saturated heterocycles. The predicted octanol–water partition coefficient (Wildman–Crippen LogP) is 1.16. The second kappa shape index (κ2) is 6.07. The fourth-order valence-corrected chi connectivity index (χ4v) is 2.40. The van der Waals surface area contributed by atoms with Crippen molar-refractivity contribution in [2.75, 3.05) is 44.7 Å². The van der Waals surface area contributed by atoms with E-state index >= 15 is 0 Å². The maximum absolute atomic E-state index is 5.84. The van der Waals surface area contributed by atoms with Gasteiger partial charge in [0, 0.05) is 50.5 Å². The lowest BCUT2D eigenvalue weighted by atomic mass is 10.2. The van der Waals surface area contributed by atoms with E-state index in [4.69, 9.17) is 10.5 Å². The van der Waals surface area contributed by atoms with Crippen LogP contribution >= 0.6 is 0 Å². The summed E-state index contributed by atoms with van der Waals surface area (Å²) in [6.07, 6.45) is 0. The second-order valence-corrected chi connectivity index (χ2v) is 4.97. The van der Waals surface area contributed by atoms with Gasteiger partial charge in [-0.25, -0.2) is 0 Å². The zero-order valence-electron chi connectivity index (χ0n) is 11.3. The summed E-state index contributed by atoms with van der Waals surface area (Å²) in [5.41, 5.74) is 7.08. The third kappa shape index (κ3) is 3.37. The summed E-state index contributed by atoms with van der Waals surface area (Å²) in [5, 5.41) is 0. The molecular weight excluding hydrogens is 226 g/mol. The van der Waals surface area contributed by atoms with Gasteiger partial charge in [-0.15, -0.1) is 0 Å². The predicted molar refractivity (Wildman–Crippen MR) is 75.3 cm³/mol. The van der Waals surface area contributed by atoms with Gasteiger partial charge in [0.2, 0.25) is 0 Å². The van der Waals surface area contributed by atoms with E-state index in [1.54, 1.807) is 7.11 Å². The molecule has 4 nitrogen and oxygen atoms in total. The van der Waals surface area contributed by atoms with Gasteiger partial charge in [-0.05, 0) is 19.1 Å². The molecular formula is C14H23N3O. The highest BCUT2D eigenvalue weighted by molar-refractivity contribution is 5.51. The van der Waals surface area contributed by atoms with Crippen LogP contribution in [0.2, 0.25) is 0 Å². The van der Waals surface area contributed by atoms with E-state index in [9.17, 15) is 0 Å². The number of piperazine rings is 1. The molecule has 2 rings (SSSR count). The van der Waals surface area contributed by atoms with Crippen molar-refractivity contribution in [3.8, 4) is 5.75 Å². The smallest absolute Gasteiger partial charge is 0.120 e. The van der Waals surface area contributed by atoms with Crippen molar-refractivity contribution < 1.29 is 4.74 Å². The molecule has 0 saturated carbocycles. The van der Waals surface area contributed by atoms with Gasteiger partial charge in [0.25, 0.3) is 0 Å². The molecule has 0 bridgehead atoms. The molecule has 1 heterocycles. The number of rotatable bonds is 4. The number of benzene rings is 1. The molecule has 100 valence electrons. The van der Waals surface area contributed by atoms with Gasteiger partial charge in [0.05, 0.1) is 7.11 Å². The van der Waals surface area contributed by atoms with E-state index in [2.05, 4.69) is 28.9 Å². The Hall–Kier alpha value is -1.26. The van der Waals surface area contributed by atoms with Crippen LogP contribution in [0.25, 0.3) is 0 Å². The van der Waals surface area contributed by atoms with Crippen LogP contribution in [0, 0.1) is 0 Å². The number of ether oxygens (including phenoxy) is 1. The Kier molecular flexibility index (Phi) is 4.44. The number of hydrogen-bond donors (Lipinski definition) is 1. The first-order valence-corrected chi connectivity index (χ1v) is 6.56. The Morgan fingerprint density at radius 1 is 1.28 bits per heavy atom. The topological polar surface area (TPSA) is 41.7 Å². The van der Waals surface area contributed by atoms with Crippen LogP contribution < -0.4 is 15.4 Å². The first-order chi connectivity index (χ1) is 8.69. The Bertz CT molecular complexity index is 373. The van der Waals surface area contributed by atoms with Crippen LogP contribution in [0.4, 0.5) is 5.69 Å². The highest BCUT2D eigenvalue weighted by Gasteiger charge is 2.17. The lowest BCUT2D eigenvalue weighted by Crippen LogP contribution is -2.49. The molecule has 1 unspecified atom stereocenters. The van der Waals surface area contributed by atoms with Crippen LogP contribution in [0.5, 0.6) is 5.75 Å². The Balaban J connectivity index is 1.92. The molecule has 1 aliphatic rings. The third-order valence-corrected chi connectivity index (χ3v) is 3.34. The van der Waals surface area contributed by atoms with Gasteiger partial charge in [0.1, 0.15) is 5.75 Å². The number of nitrogens with two attached hydrogens (primary N) is 1. The van der Waals surface area contributed by atoms with Gasteiger partial charge < -0.3 is 15.4 Å². The molecule has 0 aliphatic carbocycles. The summed E-state index contributed by atoms with van der Waals surface area (Å²) in [6.45, 7) is 7.33. The fraction of sp³-hybridized carbons (Fsp3) is 0.571. The minimum atomic E-state index is 0.258. The Labute approximate surface area is 109 Å². The summed E-state index contributed by atoms with van der Waals surface area (Å²) in [5.74, 6) is 0.922. The van der Waals surface area contributed by atoms with Gasteiger partial charge in [-0.3, -0.25) is 4.90 Å². The fourth-order valence-electron chi connectivity index (χ4n) is 2.40. The maximum Gasteiger partial charge on any atom is 0.120 e. The molecule has 18 heavy (non-hydrogen) atoms. The standard InChI is InChI=1S/C14H23N3O/c1-12(15)11-16-6-8-17(9-7-16)13-4-3-5-14(10-13)18-2/h3-5,10,12H,6-9,11,15H2,1-2H3. The van der Waals surface area contributed by atoms with Crippen LogP contribution in [-0.4, -0.2) is 50.8 Å². The normalized spacial score (nSPS) is 18.7. The monoisotopic (exact) mass is 249 g/mol. The molecule has 1 aromatic carbocycles. The summed E-state index contributed by atoms with van der Waals surface area (Å²) >= 11 is 0. The second-order valence-electron chi connectivity index (χ2n) is 4.97. The van der Waals surface area contributed by atoms with Gasteiger partial charge in [-0.1, -0.05) is 6.07 Å². The van der Waals surface area contributed by atoms with Gasteiger partial charge in [0.15, 0.2) is 0 Å². The summed E-state index contributed by atoms with van der Waals surface area (Å²) in [7, 11) is 1.71. The van der Waals surface area contributed by atoms with Crippen molar-refractivity contribution in [1.82, 2.24) is 4.90 Å². The molecule has 0 amide bonds. The molecule has 1 fully saturated rings.